The molecular formula is C19H39B2GeO. The van der Waals surface area contributed by atoms with Crippen molar-refractivity contribution >= 4 is 28.0 Å². The Balaban J connectivity index is 0.000000593. The van der Waals surface area contributed by atoms with E-state index < -0.39 is 0 Å². The molecule has 131 valence electrons. The summed E-state index contributed by atoms with van der Waals surface area (Å²) in [5.41, 5.74) is 3.03. The van der Waals surface area contributed by atoms with Gasteiger partial charge in [-0.1, -0.05) is 76.4 Å². The first kappa shape index (κ1) is 21.4. The Morgan fingerprint density at radius 1 is 0.957 bits per heavy atom. The van der Waals surface area contributed by atoms with Gasteiger partial charge in [0, 0.05) is 0 Å². The second-order valence-corrected chi connectivity index (χ2v) is 14.4. The van der Waals surface area contributed by atoms with Crippen molar-refractivity contribution in [2.24, 2.45) is 0 Å². The van der Waals surface area contributed by atoms with E-state index in [1.807, 2.05) is 0 Å². The van der Waals surface area contributed by atoms with Crippen LogP contribution in [0.5, 0.6) is 0 Å². The molecule has 0 aromatic heterocycles. The Morgan fingerprint density at radius 2 is 1.39 bits per heavy atom. The van der Waals surface area contributed by atoms with E-state index in [1.165, 1.54) is 44.0 Å². The van der Waals surface area contributed by atoms with Crippen LogP contribution >= 0.6 is 0 Å². The van der Waals surface area contributed by atoms with Crippen LogP contribution in [0.1, 0.15) is 72.1 Å². The third-order valence-corrected chi connectivity index (χ3v) is 5.68. The molecule has 23 heavy (non-hydrogen) atoms. The zero-order valence-electron chi connectivity index (χ0n) is 16.6. The van der Waals surface area contributed by atoms with Crippen molar-refractivity contribution in [2.75, 3.05) is 0 Å². The monoisotopic (exact) mass is 379 g/mol. The van der Waals surface area contributed by atoms with Crippen molar-refractivity contribution in [3.63, 3.8) is 0 Å². The van der Waals surface area contributed by atoms with Gasteiger partial charge in [0.1, 0.15) is 0 Å². The van der Waals surface area contributed by atoms with E-state index in [-0.39, 0.29) is 21.3 Å². The molecule has 4 heteroatoms. The predicted molar refractivity (Wildman–Crippen MR) is 110 cm³/mol. The van der Waals surface area contributed by atoms with Gasteiger partial charge in [-0.2, -0.15) is 0 Å². The van der Waals surface area contributed by atoms with Crippen molar-refractivity contribution in [1.82, 2.24) is 0 Å². The molecule has 0 atom stereocenters. The molecule has 0 unspecified atom stereocenters. The third-order valence-electron chi connectivity index (χ3n) is 5.68. The summed E-state index contributed by atoms with van der Waals surface area (Å²) in [6, 6.07) is 0. The fraction of sp³-hybridized carbons (Fsp3) is 0.895. The van der Waals surface area contributed by atoms with Gasteiger partial charge in [0.15, 0.2) is 6.71 Å². The summed E-state index contributed by atoms with van der Waals surface area (Å²) in [6.45, 7) is 7.25. The van der Waals surface area contributed by atoms with Crippen LogP contribution in [0.4, 0.5) is 0 Å². The fourth-order valence-corrected chi connectivity index (χ4v) is 4.85. The minimum atomic E-state index is -0.333. The van der Waals surface area contributed by atoms with Crippen molar-refractivity contribution in [3.05, 3.63) is 10.9 Å². The molecule has 1 nitrogen and oxygen atoms in total. The Kier molecular flexibility index (Phi) is 10.3. The van der Waals surface area contributed by atoms with Crippen LogP contribution in [-0.4, -0.2) is 33.0 Å². The molecule has 2 bridgehead atoms. The third kappa shape index (κ3) is 6.31. The zero-order chi connectivity index (χ0) is 17.4. The number of fused-ring (bicyclic) bond motifs is 2. The topological polar surface area (TPSA) is 20.2 Å². The standard InChI is InChI=1S/C16H30B2O.C3H9Ge/c1-4-15(17(19)6-3)16(5-2)18-13-9-7-10-14(18)12-8-11-13;1-4(2)3/h13-14,19H,4-12H2,1-3H3;1-3H3/b16-15-;. The van der Waals surface area contributed by atoms with Crippen LogP contribution in [0.2, 0.25) is 35.2 Å². The van der Waals surface area contributed by atoms with Crippen molar-refractivity contribution in [3.8, 4) is 0 Å². The van der Waals surface area contributed by atoms with Crippen LogP contribution < -0.4 is 0 Å². The second-order valence-electron chi connectivity index (χ2n) is 8.09. The number of hydrogen-bond donors (Lipinski definition) is 1. The molecule has 1 N–H and O–H groups in total. The first-order valence-corrected chi connectivity index (χ1v) is 16.4. The first-order chi connectivity index (χ1) is 11.0. The van der Waals surface area contributed by atoms with Crippen LogP contribution in [0.15, 0.2) is 10.9 Å². The van der Waals surface area contributed by atoms with Gasteiger partial charge in [0.25, 0.3) is 0 Å². The summed E-state index contributed by atoms with van der Waals surface area (Å²) in [6.07, 6.45) is 11.7. The summed E-state index contributed by atoms with van der Waals surface area (Å²) in [5.74, 6) is 8.85. The molecule has 1 radical (unpaired) electrons. The van der Waals surface area contributed by atoms with Gasteiger partial charge < -0.3 is 5.02 Å². The minimum absolute atomic E-state index is 0.192. The molecule has 2 fully saturated rings. The Labute approximate surface area is 151 Å². The number of rotatable bonds is 5. The molecule has 0 aromatic carbocycles. The summed E-state index contributed by atoms with van der Waals surface area (Å²) in [4.78, 5) is 0. The maximum absolute atomic E-state index is 10.4. The molecule has 2 aliphatic heterocycles. The van der Waals surface area contributed by atoms with Crippen LogP contribution in [0.25, 0.3) is 0 Å². The normalized spacial score (nSPS) is 24.8. The molecule has 0 aromatic rings. The average Bonchev–Trinajstić information content (AvgIpc) is 2.50. The van der Waals surface area contributed by atoms with Gasteiger partial charge in [-0.25, -0.2) is 0 Å². The summed E-state index contributed by atoms with van der Waals surface area (Å²) in [5, 5.41) is 10.4. The van der Waals surface area contributed by atoms with E-state index in [1.54, 1.807) is 5.47 Å². The first-order valence-electron chi connectivity index (χ1n) is 10.1. The van der Waals surface area contributed by atoms with Crippen molar-refractivity contribution in [1.29, 1.82) is 0 Å². The van der Waals surface area contributed by atoms with E-state index in [9.17, 15) is 5.02 Å². The number of allylic oxidation sites excluding steroid dienone is 2. The molecule has 2 rings (SSSR count). The molecule has 2 aliphatic rings. The molecule has 0 spiro atoms. The molecule has 2 saturated heterocycles. The second kappa shape index (κ2) is 11.1. The number of hydrogen-bond acceptors (Lipinski definition) is 1. The average molecular weight is 378 g/mol. The Morgan fingerprint density at radius 3 is 1.70 bits per heavy atom. The quantitative estimate of drug-likeness (QED) is 0.569. The van der Waals surface area contributed by atoms with Crippen LogP contribution in [0.3, 0.4) is 0 Å². The van der Waals surface area contributed by atoms with Gasteiger partial charge in [0.2, 0.25) is 0 Å². The van der Waals surface area contributed by atoms with Gasteiger partial charge in [-0.3, -0.25) is 0 Å². The van der Waals surface area contributed by atoms with Crippen molar-refractivity contribution < 1.29 is 5.02 Å². The Bertz CT molecular complexity index is 346. The zero-order valence-corrected chi connectivity index (χ0v) is 18.7. The van der Waals surface area contributed by atoms with E-state index in [0.29, 0.717) is 0 Å². The maximum atomic E-state index is 10.4. The van der Waals surface area contributed by atoms with Gasteiger partial charge in [-0.05, 0) is 19.2 Å². The van der Waals surface area contributed by atoms with Gasteiger partial charge in [0.05, 0.1) is 0 Å². The van der Waals surface area contributed by atoms with Crippen LogP contribution in [-0.2, 0) is 0 Å². The van der Waals surface area contributed by atoms with E-state index >= 15 is 0 Å². The molecule has 2 heterocycles. The Hall–Kier alpha value is 0.373. The SMILES string of the molecule is CCB(O)/C(CC)=C(/CC)B1C2CCCC1CCC2.[CH3][Ge]([CH3])[CH3]. The molecule has 0 amide bonds. The fourth-order valence-electron chi connectivity index (χ4n) is 4.85. The summed E-state index contributed by atoms with van der Waals surface area (Å²) >= 11 is -0.333. The van der Waals surface area contributed by atoms with E-state index in [0.717, 1.165) is 37.5 Å². The van der Waals surface area contributed by atoms with Gasteiger partial charge in [-0.15, -0.1) is 5.47 Å². The summed E-state index contributed by atoms with van der Waals surface area (Å²) < 4.78 is 0. The molecule has 0 aliphatic carbocycles. The van der Waals surface area contributed by atoms with E-state index in [2.05, 4.69) is 38.0 Å². The van der Waals surface area contributed by atoms with Crippen LogP contribution in [0, 0.1) is 0 Å². The molecule has 0 saturated carbocycles. The molecular weight excluding hydrogens is 338 g/mol. The van der Waals surface area contributed by atoms with Gasteiger partial charge >= 0.3 is 38.5 Å². The summed E-state index contributed by atoms with van der Waals surface area (Å²) in [7, 11) is 0. The van der Waals surface area contributed by atoms with E-state index in [4.69, 9.17) is 0 Å². The van der Waals surface area contributed by atoms with Crippen molar-refractivity contribution in [2.45, 2.75) is 107 Å². The predicted octanol–water partition coefficient (Wildman–Crippen LogP) is 6.16.